The minimum atomic E-state index is -0.633. The number of para-hydroxylation sites is 1. The lowest BCUT2D eigenvalue weighted by molar-refractivity contribution is 0.0846. The minimum absolute atomic E-state index is 0.478. The van der Waals surface area contributed by atoms with Gasteiger partial charge in [0.25, 0.3) is 0 Å². The van der Waals surface area contributed by atoms with Gasteiger partial charge in [-0.1, -0.05) is 31.0 Å². The van der Waals surface area contributed by atoms with Gasteiger partial charge in [-0.2, -0.15) is 0 Å². The third-order valence-corrected chi connectivity index (χ3v) is 3.51. The molecule has 3 N–H and O–H groups in total. The highest BCUT2D eigenvalue weighted by Crippen LogP contribution is 2.40. The third-order valence-electron chi connectivity index (χ3n) is 3.51. The van der Waals surface area contributed by atoms with Gasteiger partial charge in [-0.15, -0.1) is 0 Å². The number of aliphatic hydroxyl groups excluding tert-OH is 1. The number of methoxy groups -OCH3 is 1. The summed E-state index contributed by atoms with van der Waals surface area (Å²) in [6.07, 6.45) is 3.33. The quantitative estimate of drug-likeness (QED) is 0.820. The topological polar surface area (TPSA) is 55.5 Å². The maximum Gasteiger partial charge on any atom is 0.124 e. The largest absolute Gasteiger partial charge is 0.496 e. The molecule has 0 amide bonds. The van der Waals surface area contributed by atoms with E-state index >= 15 is 0 Å². The molecule has 1 aromatic rings. The molecule has 1 fully saturated rings. The molecule has 88 valence electrons. The fourth-order valence-corrected chi connectivity index (χ4v) is 2.51. The molecule has 0 heterocycles. The van der Waals surface area contributed by atoms with Crippen molar-refractivity contribution in [2.24, 2.45) is 5.73 Å². The van der Waals surface area contributed by atoms with Crippen molar-refractivity contribution in [1.29, 1.82) is 0 Å². The van der Waals surface area contributed by atoms with Crippen LogP contribution in [0.2, 0.25) is 0 Å². The van der Waals surface area contributed by atoms with Crippen LogP contribution in [0.25, 0.3) is 0 Å². The van der Waals surface area contributed by atoms with Gasteiger partial charge >= 0.3 is 0 Å². The van der Waals surface area contributed by atoms with Crippen LogP contribution in [-0.4, -0.2) is 17.8 Å². The molecule has 0 spiro atoms. The van der Waals surface area contributed by atoms with Gasteiger partial charge in [0.1, 0.15) is 11.9 Å². The van der Waals surface area contributed by atoms with Crippen molar-refractivity contribution in [3.63, 3.8) is 0 Å². The van der Waals surface area contributed by atoms with Gasteiger partial charge in [-0.25, -0.2) is 0 Å². The van der Waals surface area contributed by atoms with Gasteiger partial charge in [-0.3, -0.25) is 0 Å². The number of ether oxygens (including phenoxy) is 1. The maximum atomic E-state index is 10.4. The Morgan fingerprint density at radius 2 is 1.94 bits per heavy atom. The van der Waals surface area contributed by atoms with Gasteiger partial charge in [-0.05, 0) is 18.9 Å². The standard InChI is InChI=1S/C13H19NO2/c1-16-11-7-3-2-6-10(11)12(15)13(14)8-4-5-9-13/h2-3,6-7,12,15H,4-5,8-9,14H2,1H3. The van der Waals surface area contributed by atoms with Crippen LogP contribution in [0.1, 0.15) is 37.4 Å². The fraction of sp³-hybridized carbons (Fsp3) is 0.538. The van der Waals surface area contributed by atoms with Crippen molar-refractivity contribution in [3.05, 3.63) is 29.8 Å². The molecular weight excluding hydrogens is 202 g/mol. The van der Waals surface area contributed by atoms with Crippen LogP contribution in [0.5, 0.6) is 5.75 Å². The Morgan fingerprint density at radius 1 is 1.31 bits per heavy atom. The molecule has 2 rings (SSSR count). The third kappa shape index (κ3) is 1.93. The molecule has 1 aliphatic rings. The molecule has 0 radical (unpaired) electrons. The van der Waals surface area contributed by atoms with Crippen LogP contribution in [0.15, 0.2) is 24.3 Å². The Kier molecular flexibility index (Phi) is 3.17. The summed E-state index contributed by atoms with van der Waals surface area (Å²) < 4.78 is 5.26. The monoisotopic (exact) mass is 221 g/mol. The molecule has 1 saturated carbocycles. The minimum Gasteiger partial charge on any atom is -0.496 e. The van der Waals surface area contributed by atoms with Crippen LogP contribution in [0.4, 0.5) is 0 Å². The van der Waals surface area contributed by atoms with Gasteiger partial charge in [0.05, 0.1) is 7.11 Å². The van der Waals surface area contributed by atoms with Gasteiger partial charge < -0.3 is 15.6 Å². The van der Waals surface area contributed by atoms with Crippen LogP contribution in [-0.2, 0) is 0 Å². The highest BCUT2D eigenvalue weighted by Gasteiger charge is 2.38. The average Bonchev–Trinajstić information content (AvgIpc) is 2.76. The SMILES string of the molecule is COc1ccccc1C(O)C1(N)CCCC1. The van der Waals surface area contributed by atoms with E-state index < -0.39 is 11.6 Å². The first-order valence-electron chi connectivity index (χ1n) is 5.77. The predicted molar refractivity (Wildman–Crippen MR) is 63.3 cm³/mol. The zero-order chi connectivity index (χ0) is 11.6. The van der Waals surface area contributed by atoms with Crippen molar-refractivity contribution in [1.82, 2.24) is 0 Å². The second-order valence-corrected chi connectivity index (χ2v) is 4.58. The molecule has 1 aromatic carbocycles. The molecule has 3 nitrogen and oxygen atoms in total. The van der Waals surface area contributed by atoms with E-state index in [0.717, 1.165) is 31.2 Å². The first-order chi connectivity index (χ1) is 7.67. The molecule has 0 aromatic heterocycles. The summed E-state index contributed by atoms with van der Waals surface area (Å²) in [4.78, 5) is 0. The van der Waals surface area contributed by atoms with Gasteiger partial charge in [0, 0.05) is 11.1 Å². The molecule has 0 saturated heterocycles. The molecule has 1 unspecified atom stereocenters. The lowest BCUT2D eigenvalue weighted by Crippen LogP contribution is -2.43. The summed E-state index contributed by atoms with van der Waals surface area (Å²) in [6.45, 7) is 0. The zero-order valence-corrected chi connectivity index (χ0v) is 9.65. The summed E-state index contributed by atoms with van der Waals surface area (Å²) in [5.41, 5.74) is 6.58. The molecule has 0 aliphatic heterocycles. The van der Waals surface area contributed by atoms with E-state index in [1.165, 1.54) is 0 Å². The van der Waals surface area contributed by atoms with Crippen molar-refractivity contribution in [2.45, 2.75) is 37.3 Å². The van der Waals surface area contributed by atoms with E-state index in [2.05, 4.69) is 0 Å². The second kappa shape index (κ2) is 4.44. The van der Waals surface area contributed by atoms with Crippen LogP contribution in [0.3, 0.4) is 0 Å². The van der Waals surface area contributed by atoms with E-state index in [1.807, 2.05) is 24.3 Å². The van der Waals surface area contributed by atoms with E-state index in [0.29, 0.717) is 5.75 Å². The summed E-state index contributed by atoms with van der Waals surface area (Å²) in [5.74, 6) is 0.715. The van der Waals surface area contributed by atoms with E-state index in [-0.39, 0.29) is 0 Å². The van der Waals surface area contributed by atoms with Gasteiger partial charge in [0.2, 0.25) is 0 Å². The average molecular weight is 221 g/mol. The number of aliphatic hydroxyl groups is 1. The number of hydrogen-bond acceptors (Lipinski definition) is 3. The Morgan fingerprint density at radius 3 is 2.56 bits per heavy atom. The molecular formula is C13H19NO2. The number of benzene rings is 1. The van der Waals surface area contributed by atoms with Crippen molar-refractivity contribution >= 4 is 0 Å². The Hall–Kier alpha value is -1.06. The van der Waals surface area contributed by atoms with Crippen LogP contribution in [0, 0.1) is 0 Å². The summed E-state index contributed by atoms with van der Waals surface area (Å²) in [6, 6.07) is 7.54. The Bertz CT molecular complexity index is 359. The van der Waals surface area contributed by atoms with Gasteiger partial charge in [0.15, 0.2) is 0 Å². The summed E-state index contributed by atoms with van der Waals surface area (Å²) >= 11 is 0. The summed E-state index contributed by atoms with van der Waals surface area (Å²) in [7, 11) is 1.61. The lowest BCUT2D eigenvalue weighted by Gasteiger charge is -2.30. The van der Waals surface area contributed by atoms with E-state index in [9.17, 15) is 5.11 Å². The Labute approximate surface area is 96.2 Å². The first kappa shape index (κ1) is 11.4. The Balaban J connectivity index is 2.29. The number of rotatable bonds is 3. The number of hydrogen-bond donors (Lipinski definition) is 2. The zero-order valence-electron chi connectivity index (χ0n) is 9.65. The second-order valence-electron chi connectivity index (χ2n) is 4.58. The van der Waals surface area contributed by atoms with E-state index in [4.69, 9.17) is 10.5 Å². The molecule has 0 bridgehead atoms. The summed E-state index contributed by atoms with van der Waals surface area (Å²) in [5, 5.41) is 10.4. The van der Waals surface area contributed by atoms with E-state index in [1.54, 1.807) is 7.11 Å². The highest BCUT2D eigenvalue weighted by atomic mass is 16.5. The smallest absolute Gasteiger partial charge is 0.124 e. The predicted octanol–water partition coefficient (Wildman–Crippen LogP) is 2.00. The van der Waals surface area contributed by atoms with Crippen LogP contribution < -0.4 is 10.5 Å². The fourth-order valence-electron chi connectivity index (χ4n) is 2.51. The van der Waals surface area contributed by atoms with Crippen molar-refractivity contribution in [2.75, 3.05) is 7.11 Å². The highest BCUT2D eigenvalue weighted by molar-refractivity contribution is 5.37. The number of nitrogens with two attached hydrogens (primary N) is 1. The van der Waals surface area contributed by atoms with Crippen molar-refractivity contribution in [3.8, 4) is 5.75 Å². The van der Waals surface area contributed by atoms with Crippen LogP contribution >= 0.6 is 0 Å². The molecule has 1 aliphatic carbocycles. The maximum absolute atomic E-state index is 10.4. The lowest BCUT2D eigenvalue weighted by atomic mass is 9.86. The first-order valence-corrected chi connectivity index (χ1v) is 5.77. The molecule has 1 atom stereocenters. The normalized spacial score (nSPS) is 20.7. The molecule has 16 heavy (non-hydrogen) atoms. The molecule has 3 heteroatoms. The van der Waals surface area contributed by atoms with Crippen molar-refractivity contribution < 1.29 is 9.84 Å².